The molecule has 7 nitrogen and oxygen atoms in total. The van der Waals surface area contributed by atoms with Crippen LogP contribution in [0.4, 0.5) is 15.8 Å². The van der Waals surface area contributed by atoms with Crippen molar-refractivity contribution in [2.75, 3.05) is 23.1 Å². The van der Waals surface area contributed by atoms with Crippen molar-refractivity contribution in [3.63, 3.8) is 0 Å². The molecule has 0 aliphatic carbocycles. The van der Waals surface area contributed by atoms with E-state index < -0.39 is 27.0 Å². The van der Waals surface area contributed by atoms with Crippen LogP contribution in [0.1, 0.15) is 12.8 Å². The zero-order valence-corrected chi connectivity index (χ0v) is 16.9. The molecule has 2 aromatic rings. The molecule has 0 saturated carbocycles. The molecule has 2 N–H and O–H groups in total. The Labute approximate surface area is 171 Å². The lowest BCUT2D eigenvalue weighted by Crippen LogP contribution is -2.43. The molecule has 2 amide bonds. The molecule has 0 aromatic heterocycles. The lowest BCUT2D eigenvalue weighted by Gasteiger charge is -2.27. The average molecular weight is 436 g/mol. The van der Waals surface area contributed by atoms with Gasteiger partial charge in [-0.25, -0.2) is 12.8 Å². The van der Waals surface area contributed by atoms with E-state index in [9.17, 15) is 22.4 Å². The Bertz CT molecular complexity index is 1080. The second-order valence-corrected chi connectivity index (χ2v) is 9.59. The van der Waals surface area contributed by atoms with Gasteiger partial charge in [-0.1, -0.05) is 12.1 Å². The number of amides is 2. The van der Waals surface area contributed by atoms with Crippen LogP contribution in [0, 0.1) is 5.82 Å². The third kappa shape index (κ3) is 3.95. The maximum atomic E-state index is 13.8. The Hall–Kier alpha value is -2.59. The van der Waals surface area contributed by atoms with Crippen LogP contribution in [0.15, 0.2) is 52.3 Å². The Morgan fingerprint density at radius 3 is 2.62 bits per heavy atom. The van der Waals surface area contributed by atoms with E-state index in [0.29, 0.717) is 23.7 Å². The van der Waals surface area contributed by atoms with Gasteiger partial charge in [-0.2, -0.15) is 0 Å². The summed E-state index contributed by atoms with van der Waals surface area (Å²) in [5.41, 5.74) is 0.141. The minimum absolute atomic E-state index is 0.121. The zero-order valence-electron chi connectivity index (χ0n) is 15.2. The molecule has 1 saturated heterocycles. The van der Waals surface area contributed by atoms with E-state index in [-0.39, 0.29) is 16.5 Å². The standard InChI is InChI=1S/C19H18FN3O4S2/c20-13-5-1-2-6-14(13)22-29(26,27)12-7-8-16-15(11-12)21-18(24)17(28-16)19(25)23-9-3-4-10-23/h1-2,5-8,11,17,22H,3-4,9-10H2,(H,21,24). The summed E-state index contributed by atoms with van der Waals surface area (Å²) in [6.45, 7) is 1.30. The van der Waals surface area contributed by atoms with Crippen molar-refractivity contribution < 1.29 is 22.4 Å². The van der Waals surface area contributed by atoms with Gasteiger partial charge >= 0.3 is 0 Å². The molecule has 4 rings (SSSR count). The lowest BCUT2D eigenvalue weighted by atomic mass is 10.2. The predicted octanol–water partition coefficient (Wildman–Crippen LogP) is 2.66. The quantitative estimate of drug-likeness (QED) is 0.720. The number of fused-ring (bicyclic) bond motifs is 1. The van der Waals surface area contributed by atoms with Crippen LogP contribution < -0.4 is 10.0 Å². The van der Waals surface area contributed by atoms with Gasteiger partial charge in [0.1, 0.15) is 5.82 Å². The first-order valence-electron chi connectivity index (χ1n) is 9.03. The smallest absolute Gasteiger partial charge is 0.262 e. The Balaban J connectivity index is 1.57. The van der Waals surface area contributed by atoms with Crippen LogP contribution in [0.2, 0.25) is 0 Å². The highest BCUT2D eigenvalue weighted by Gasteiger charge is 2.37. The molecule has 2 aliphatic rings. The van der Waals surface area contributed by atoms with E-state index in [1.807, 2.05) is 0 Å². The largest absolute Gasteiger partial charge is 0.341 e. The number of rotatable bonds is 4. The first-order chi connectivity index (χ1) is 13.8. The third-order valence-electron chi connectivity index (χ3n) is 4.76. The normalized spacial score (nSPS) is 18.9. The van der Waals surface area contributed by atoms with Gasteiger partial charge in [0.05, 0.1) is 16.3 Å². The number of carbonyl (C=O) groups excluding carboxylic acids is 2. The fraction of sp³-hybridized carbons (Fsp3) is 0.263. The number of benzene rings is 2. The first-order valence-corrected chi connectivity index (χ1v) is 11.4. The van der Waals surface area contributed by atoms with Crippen molar-refractivity contribution in [2.45, 2.75) is 27.9 Å². The molecule has 2 heterocycles. The fourth-order valence-electron chi connectivity index (χ4n) is 3.27. The number of sulfonamides is 1. The van der Waals surface area contributed by atoms with E-state index in [1.165, 1.54) is 30.3 Å². The monoisotopic (exact) mass is 435 g/mol. The number of likely N-dealkylation sites (tertiary alicyclic amines) is 1. The highest BCUT2D eigenvalue weighted by atomic mass is 32.2. The van der Waals surface area contributed by atoms with Crippen molar-refractivity contribution >= 4 is 45.0 Å². The van der Waals surface area contributed by atoms with Gasteiger partial charge in [0.15, 0.2) is 5.25 Å². The van der Waals surface area contributed by atoms with Gasteiger partial charge in [0.2, 0.25) is 11.8 Å². The van der Waals surface area contributed by atoms with Crippen molar-refractivity contribution in [3.8, 4) is 0 Å². The van der Waals surface area contributed by atoms with Gasteiger partial charge in [0, 0.05) is 18.0 Å². The highest BCUT2D eigenvalue weighted by molar-refractivity contribution is 8.01. The van der Waals surface area contributed by atoms with Gasteiger partial charge in [0.25, 0.3) is 10.0 Å². The van der Waals surface area contributed by atoms with E-state index in [0.717, 1.165) is 30.7 Å². The van der Waals surface area contributed by atoms with Crippen LogP contribution in [-0.2, 0) is 19.6 Å². The van der Waals surface area contributed by atoms with Gasteiger partial charge < -0.3 is 10.2 Å². The summed E-state index contributed by atoms with van der Waals surface area (Å²) in [5.74, 6) is -1.40. The first kappa shape index (κ1) is 19.7. The number of thioether (sulfide) groups is 1. The maximum absolute atomic E-state index is 13.8. The molecule has 1 unspecified atom stereocenters. The van der Waals surface area contributed by atoms with E-state index in [1.54, 1.807) is 11.0 Å². The zero-order chi connectivity index (χ0) is 20.6. The number of para-hydroxylation sites is 1. The number of halogens is 1. The highest BCUT2D eigenvalue weighted by Crippen LogP contribution is 2.38. The molecule has 0 spiro atoms. The topological polar surface area (TPSA) is 95.6 Å². The fourth-order valence-corrected chi connectivity index (χ4v) is 5.42. The molecule has 152 valence electrons. The molecule has 10 heteroatoms. The molecule has 0 bridgehead atoms. The summed E-state index contributed by atoms with van der Waals surface area (Å²) >= 11 is 1.11. The number of nitrogens with zero attached hydrogens (tertiary/aromatic N) is 1. The second kappa shape index (κ2) is 7.68. The number of anilines is 2. The molecule has 0 radical (unpaired) electrons. The van der Waals surface area contributed by atoms with Crippen molar-refractivity contribution in [3.05, 3.63) is 48.3 Å². The van der Waals surface area contributed by atoms with Crippen LogP contribution in [-0.4, -0.2) is 43.5 Å². The minimum atomic E-state index is -4.06. The van der Waals surface area contributed by atoms with Gasteiger partial charge in [-0.15, -0.1) is 11.8 Å². The van der Waals surface area contributed by atoms with Crippen LogP contribution in [0.5, 0.6) is 0 Å². The molecular weight excluding hydrogens is 417 g/mol. The second-order valence-electron chi connectivity index (χ2n) is 6.76. The van der Waals surface area contributed by atoms with Gasteiger partial charge in [-0.05, 0) is 43.2 Å². The average Bonchev–Trinajstić information content (AvgIpc) is 3.23. The molecule has 2 aliphatic heterocycles. The summed E-state index contributed by atoms with van der Waals surface area (Å²) in [7, 11) is -4.06. The van der Waals surface area contributed by atoms with Crippen molar-refractivity contribution in [1.82, 2.24) is 4.90 Å². The molecular formula is C19H18FN3O4S2. The molecule has 29 heavy (non-hydrogen) atoms. The van der Waals surface area contributed by atoms with Crippen LogP contribution in [0.25, 0.3) is 0 Å². The van der Waals surface area contributed by atoms with Gasteiger partial charge in [-0.3, -0.25) is 14.3 Å². The Morgan fingerprint density at radius 1 is 1.17 bits per heavy atom. The number of carbonyl (C=O) groups is 2. The number of hydrogen-bond donors (Lipinski definition) is 2. The lowest BCUT2D eigenvalue weighted by molar-refractivity contribution is -0.133. The van der Waals surface area contributed by atoms with E-state index in [2.05, 4.69) is 10.0 Å². The summed E-state index contributed by atoms with van der Waals surface area (Å²) in [6, 6.07) is 9.65. The van der Waals surface area contributed by atoms with Crippen molar-refractivity contribution in [1.29, 1.82) is 0 Å². The predicted molar refractivity (Wildman–Crippen MR) is 108 cm³/mol. The van der Waals surface area contributed by atoms with E-state index in [4.69, 9.17) is 0 Å². The summed E-state index contributed by atoms with van der Waals surface area (Å²) in [4.78, 5) is 27.2. The summed E-state index contributed by atoms with van der Waals surface area (Å²) < 4.78 is 41.2. The minimum Gasteiger partial charge on any atom is -0.341 e. The Morgan fingerprint density at radius 2 is 1.90 bits per heavy atom. The molecule has 1 fully saturated rings. The summed E-state index contributed by atoms with van der Waals surface area (Å²) in [5, 5.41) is 1.74. The van der Waals surface area contributed by atoms with E-state index >= 15 is 0 Å². The van der Waals surface area contributed by atoms with Crippen LogP contribution in [0.3, 0.4) is 0 Å². The number of nitrogens with one attached hydrogen (secondary N) is 2. The summed E-state index contributed by atoms with van der Waals surface area (Å²) in [6.07, 6.45) is 1.86. The molecule has 1 atom stereocenters. The third-order valence-corrected chi connectivity index (χ3v) is 7.39. The Kier molecular flexibility index (Phi) is 5.22. The SMILES string of the molecule is O=C1Nc2cc(S(=O)(=O)Nc3ccccc3F)ccc2SC1C(=O)N1CCCC1. The van der Waals surface area contributed by atoms with Crippen molar-refractivity contribution in [2.24, 2.45) is 0 Å². The molecule has 2 aromatic carbocycles. The van der Waals surface area contributed by atoms with Crippen LogP contribution >= 0.6 is 11.8 Å². The maximum Gasteiger partial charge on any atom is 0.262 e. The number of hydrogen-bond acceptors (Lipinski definition) is 5.